The largest absolute Gasteiger partial charge is 0.479 e. The van der Waals surface area contributed by atoms with Crippen LogP contribution in [0.4, 0.5) is 0 Å². The molecule has 0 radical (unpaired) electrons. The molecule has 5 heteroatoms. The molecule has 0 aromatic heterocycles. The van der Waals surface area contributed by atoms with Crippen LogP contribution in [0.1, 0.15) is 80.1 Å². The fourth-order valence-corrected chi connectivity index (χ4v) is 4.38. The van der Waals surface area contributed by atoms with Crippen molar-refractivity contribution in [3.05, 3.63) is 12.2 Å². The number of rotatable bonds is 8. The zero-order valence-electron chi connectivity index (χ0n) is 17.3. The van der Waals surface area contributed by atoms with Gasteiger partial charge in [-0.25, -0.2) is 0 Å². The van der Waals surface area contributed by atoms with Crippen molar-refractivity contribution in [2.45, 2.75) is 90.9 Å². The number of thiocarbonyl (C=S) groups is 1. The molecular formula is C21H36O3S2. The summed E-state index contributed by atoms with van der Waals surface area (Å²) in [5.74, 6) is 0.267. The Kier molecular flexibility index (Phi) is 8.82. The first-order valence-corrected chi connectivity index (χ1v) is 11.0. The summed E-state index contributed by atoms with van der Waals surface area (Å²) in [6, 6.07) is 0. The highest BCUT2D eigenvalue weighted by Gasteiger charge is 2.33. The van der Waals surface area contributed by atoms with E-state index in [0.717, 1.165) is 25.7 Å². The molecule has 0 bridgehead atoms. The zero-order chi connectivity index (χ0) is 20.0. The number of hydrogen-bond donors (Lipinski definition) is 1. The van der Waals surface area contributed by atoms with E-state index >= 15 is 0 Å². The van der Waals surface area contributed by atoms with Crippen LogP contribution in [0.2, 0.25) is 0 Å². The Morgan fingerprint density at radius 3 is 2.42 bits per heavy atom. The van der Waals surface area contributed by atoms with E-state index in [1.807, 2.05) is 33.8 Å². The van der Waals surface area contributed by atoms with E-state index < -0.39 is 5.60 Å². The first-order chi connectivity index (χ1) is 11.9. The van der Waals surface area contributed by atoms with Gasteiger partial charge in [-0.3, -0.25) is 4.79 Å². The highest BCUT2D eigenvalue weighted by atomic mass is 32.2. The fourth-order valence-electron chi connectivity index (χ4n) is 2.92. The maximum atomic E-state index is 12.3. The molecule has 1 aliphatic rings. The van der Waals surface area contributed by atoms with Gasteiger partial charge in [-0.1, -0.05) is 58.5 Å². The minimum Gasteiger partial charge on any atom is -0.479 e. The molecule has 150 valence electrons. The second-order valence-corrected chi connectivity index (χ2v) is 11.0. The summed E-state index contributed by atoms with van der Waals surface area (Å²) >= 11 is 6.82. The van der Waals surface area contributed by atoms with Crippen molar-refractivity contribution in [1.29, 1.82) is 0 Å². The van der Waals surface area contributed by atoms with E-state index in [2.05, 4.69) is 19.9 Å². The Labute approximate surface area is 169 Å². The molecule has 1 aliphatic carbocycles. The zero-order valence-corrected chi connectivity index (χ0v) is 18.9. The van der Waals surface area contributed by atoms with E-state index in [1.54, 1.807) is 0 Å². The van der Waals surface area contributed by atoms with Gasteiger partial charge in [0.25, 0.3) is 0 Å². The first kappa shape index (κ1) is 23.6. The topological polar surface area (TPSA) is 46.5 Å². The molecule has 2 atom stereocenters. The molecule has 26 heavy (non-hydrogen) atoms. The van der Waals surface area contributed by atoms with Crippen LogP contribution in [-0.2, 0) is 9.53 Å². The third-order valence-corrected chi connectivity index (χ3v) is 6.52. The Morgan fingerprint density at radius 2 is 1.92 bits per heavy atom. The lowest BCUT2D eigenvalue weighted by atomic mass is 9.75. The molecule has 1 N–H and O–H groups in total. The lowest BCUT2D eigenvalue weighted by molar-refractivity contribution is -0.126. The van der Waals surface area contributed by atoms with E-state index in [9.17, 15) is 9.90 Å². The number of ether oxygens (including phenoxy) is 1. The number of hydrogen-bond acceptors (Lipinski definition) is 5. The van der Waals surface area contributed by atoms with Crippen LogP contribution in [-0.4, -0.2) is 32.7 Å². The number of Topliss-reactive ketones (excluding diaryl/α,β-unsaturated/α-hetero) is 1. The molecule has 0 saturated heterocycles. The van der Waals surface area contributed by atoms with Gasteiger partial charge in [0.1, 0.15) is 5.78 Å². The van der Waals surface area contributed by atoms with Crippen LogP contribution in [0.5, 0.6) is 0 Å². The predicted molar refractivity (Wildman–Crippen MR) is 116 cm³/mol. The van der Waals surface area contributed by atoms with Gasteiger partial charge in [-0.15, -0.1) is 0 Å². The molecule has 0 heterocycles. The van der Waals surface area contributed by atoms with E-state index in [4.69, 9.17) is 17.0 Å². The smallest absolute Gasteiger partial charge is 0.220 e. The highest BCUT2D eigenvalue weighted by Crippen LogP contribution is 2.38. The molecule has 3 nitrogen and oxygen atoms in total. The number of ketones is 1. The van der Waals surface area contributed by atoms with Crippen molar-refractivity contribution in [3.8, 4) is 0 Å². The van der Waals surface area contributed by atoms with Crippen LogP contribution in [0.15, 0.2) is 12.2 Å². The second kappa shape index (κ2) is 9.70. The number of carbonyl (C=O) groups is 1. The summed E-state index contributed by atoms with van der Waals surface area (Å²) in [4.78, 5) is 12.3. The van der Waals surface area contributed by atoms with Crippen molar-refractivity contribution >= 4 is 34.1 Å². The van der Waals surface area contributed by atoms with Gasteiger partial charge < -0.3 is 9.84 Å². The van der Waals surface area contributed by atoms with Crippen LogP contribution >= 0.6 is 24.0 Å². The van der Waals surface area contributed by atoms with Crippen molar-refractivity contribution in [3.63, 3.8) is 0 Å². The maximum Gasteiger partial charge on any atom is 0.220 e. The third-order valence-electron chi connectivity index (χ3n) is 5.00. The van der Waals surface area contributed by atoms with Gasteiger partial charge in [0.15, 0.2) is 0 Å². The molecular weight excluding hydrogens is 364 g/mol. The van der Waals surface area contributed by atoms with E-state index in [-0.39, 0.29) is 21.9 Å². The summed E-state index contributed by atoms with van der Waals surface area (Å²) in [5.41, 5.74) is -0.892. The Morgan fingerprint density at radius 1 is 1.27 bits per heavy atom. The fraction of sp³-hybridized carbons (Fsp3) is 0.810. The van der Waals surface area contributed by atoms with Crippen molar-refractivity contribution < 1.29 is 14.6 Å². The summed E-state index contributed by atoms with van der Waals surface area (Å²) in [7, 11) is 0. The SMILES string of the molecule is CCOC(=S)SC(CCC(=O)C(C)(C)C)CCC1(O)C=CC(C)(C)CC1. The van der Waals surface area contributed by atoms with Crippen LogP contribution < -0.4 is 0 Å². The van der Waals surface area contributed by atoms with Crippen molar-refractivity contribution in [2.24, 2.45) is 10.8 Å². The van der Waals surface area contributed by atoms with Crippen molar-refractivity contribution in [1.82, 2.24) is 0 Å². The van der Waals surface area contributed by atoms with Gasteiger partial charge in [-0.2, -0.15) is 0 Å². The number of allylic oxidation sites excluding steroid dienone is 1. The van der Waals surface area contributed by atoms with E-state index in [1.165, 1.54) is 11.8 Å². The summed E-state index contributed by atoms with van der Waals surface area (Å²) in [5, 5.41) is 11.1. The minimum absolute atomic E-state index is 0.163. The average molecular weight is 401 g/mol. The second-order valence-electron chi connectivity index (χ2n) is 9.10. The molecule has 0 aromatic rings. The molecule has 0 amide bonds. The van der Waals surface area contributed by atoms with Gasteiger partial charge in [0.05, 0.1) is 12.2 Å². The van der Waals surface area contributed by atoms with Gasteiger partial charge in [0, 0.05) is 17.1 Å². The third kappa shape index (κ3) is 8.53. The first-order valence-electron chi connectivity index (χ1n) is 9.66. The maximum absolute atomic E-state index is 12.3. The molecule has 0 aromatic carbocycles. The van der Waals surface area contributed by atoms with Crippen LogP contribution in [0.25, 0.3) is 0 Å². The number of carbonyl (C=O) groups excluding carboxylic acids is 1. The van der Waals surface area contributed by atoms with Gasteiger partial charge >= 0.3 is 0 Å². The molecule has 0 fully saturated rings. The quantitative estimate of drug-likeness (QED) is 0.419. The standard InChI is InChI=1S/C21H36O3S2/c1-7-24-18(25)26-16(8-9-17(22)19(2,3)4)10-11-21(23)14-12-20(5,6)13-15-21/h12,14,16,23H,7-11,13,15H2,1-6H3. The van der Waals surface area contributed by atoms with Crippen LogP contribution in [0, 0.1) is 10.8 Å². The molecule has 1 rings (SSSR count). The summed E-state index contributed by atoms with van der Waals surface area (Å²) in [6.45, 7) is 12.7. The van der Waals surface area contributed by atoms with Gasteiger partial charge in [0.2, 0.25) is 4.38 Å². The molecule has 2 unspecified atom stereocenters. The van der Waals surface area contributed by atoms with Crippen LogP contribution in [0.3, 0.4) is 0 Å². The van der Waals surface area contributed by atoms with Gasteiger partial charge in [-0.05, 0) is 56.7 Å². The minimum atomic E-state index is -0.740. The number of thioether (sulfide) groups is 1. The Hall–Kier alpha value is -0.390. The highest BCUT2D eigenvalue weighted by molar-refractivity contribution is 8.23. The Balaban J connectivity index is 2.67. The monoisotopic (exact) mass is 400 g/mol. The molecule has 0 aliphatic heterocycles. The molecule has 0 spiro atoms. The molecule has 0 saturated carbocycles. The van der Waals surface area contributed by atoms with Crippen molar-refractivity contribution in [2.75, 3.05) is 6.61 Å². The number of aliphatic hydroxyl groups is 1. The summed E-state index contributed by atoms with van der Waals surface area (Å²) < 4.78 is 5.96. The Bertz CT molecular complexity index is 520. The lowest BCUT2D eigenvalue weighted by Crippen LogP contribution is -2.33. The normalized spacial score (nSPS) is 23.5. The average Bonchev–Trinajstić information content (AvgIpc) is 2.52. The lowest BCUT2D eigenvalue weighted by Gasteiger charge is -2.35. The summed E-state index contributed by atoms with van der Waals surface area (Å²) in [6.07, 6.45) is 8.68. The predicted octanol–water partition coefficient (Wildman–Crippen LogP) is 5.69. The van der Waals surface area contributed by atoms with E-state index in [0.29, 0.717) is 23.8 Å².